The number of ketones is 3. The van der Waals surface area contributed by atoms with Crippen molar-refractivity contribution in [3.63, 3.8) is 0 Å². The van der Waals surface area contributed by atoms with Crippen molar-refractivity contribution in [2.45, 2.75) is 24.5 Å². The van der Waals surface area contributed by atoms with Gasteiger partial charge in [-0.05, 0) is 50.6 Å². The molecule has 3 aliphatic carbocycles. The fraction of sp³-hybridized carbons (Fsp3) is 0.400. The first-order chi connectivity index (χ1) is 17.2. The molecule has 0 spiro atoms. The molecule has 0 unspecified atom stereocenters. The molecule has 0 heterocycles. The number of hydrogen-bond donors (Lipinski definition) is 5. The van der Waals surface area contributed by atoms with E-state index in [2.05, 4.69) is 0 Å². The highest BCUT2D eigenvalue weighted by Gasteiger charge is 2.63. The molecule has 0 radical (unpaired) electrons. The summed E-state index contributed by atoms with van der Waals surface area (Å²) in [7, 11) is 5.83. The third kappa shape index (κ3) is 3.47. The molecule has 0 bridgehead atoms. The summed E-state index contributed by atoms with van der Waals surface area (Å²) in [6, 6.07) is 1.18. The number of hydrogen-bond acceptors (Lipinski definition) is 10. The number of carbonyl (C=O) groups excluding carboxylic acids is 5. The number of fused-ring (bicyclic) bond motifs is 3. The second-order valence-electron chi connectivity index (χ2n) is 9.98. The van der Waals surface area contributed by atoms with Crippen LogP contribution < -0.4 is 5.73 Å². The average Bonchev–Trinajstić information content (AvgIpc) is 2.80. The summed E-state index contributed by atoms with van der Waals surface area (Å²) < 4.78 is 0. The number of primary amides is 1. The van der Waals surface area contributed by atoms with Crippen LogP contribution in [0.3, 0.4) is 0 Å². The monoisotopic (exact) mass is 513 g/mol. The van der Waals surface area contributed by atoms with E-state index < -0.39 is 75.5 Å². The number of phenolic OH excluding ortho intramolecular Hbond substituents is 1. The summed E-state index contributed by atoms with van der Waals surface area (Å²) in [5, 5.41) is 44.1. The van der Waals surface area contributed by atoms with E-state index in [1.807, 2.05) is 0 Å². The van der Waals surface area contributed by atoms with Gasteiger partial charge in [0.05, 0.1) is 11.6 Å². The van der Waals surface area contributed by atoms with Crippen molar-refractivity contribution in [2.75, 3.05) is 28.2 Å². The highest BCUT2D eigenvalue weighted by Crippen LogP contribution is 2.52. The van der Waals surface area contributed by atoms with Crippen LogP contribution in [-0.4, -0.2) is 99.2 Å². The molecule has 0 saturated heterocycles. The lowest BCUT2D eigenvalue weighted by Crippen LogP contribution is -2.63. The van der Waals surface area contributed by atoms with E-state index in [-0.39, 0.29) is 35.1 Å². The Kier molecular flexibility index (Phi) is 6.00. The SMILES string of the molecule is CN(C)C(=O)C(=O)c1ccc(O)c2c1C[C@H]1C[C@H]3[C@H](N(C)C)C(O)=C(C(N)=O)C(=O)[C@@]3(O)C(O)=C1C2=O. The van der Waals surface area contributed by atoms with Crippen molar-refractivity contribution < 1.29 is 44.4 Å². The quantitative estimate of drug-likeness (QED) is 0.197. The molecule has 4 atom stereocenters. The number of phenols is 1. The lowest BCUT2D eigenvalue weighted by Gasteiger charge is -2.50. The number of aliphatic hydroxyl groups excluding tert-OH is 2. The Hall–Kier alpha value is -4.03. The number of amides is 2. The van der Waals surface area contributed by atoms with Gasteiger partial charge in [-0.3, -0.25) is 28.9 Å². The molecule has 1 aromatic rings. The van der Waals surface area contributed by atoms with Gasteiger partial charge in [-0.1, -0.05) is 0 Å². The van der Waals surface area contributed by atoms with Crippen molar-refractivity contribution in [2.24, 2.45) is 17.6 Å². The summed E-state index contributed by atoms with van der Waals surface area (Å²) in [4.78, 5) is 66.7. The van der Waals surface area contributed by atoms with Gasteiger partial charge in [0.1, 0.15) is 22.8 Å². The summed E-state index contributed by atoms with van der Waals surface area (Å²) >= 11 is 0. The van der Waals surface area contributed by atoms with Crippen molar-refractivity contribution in [3.05, 3.63) is 51.5 Å². The van der Waals surface area contributed by atoms with Crippen LogP contribution in [0.25, 0.3) is 0 Å². The van der Waals surface area contributed by atoms with Crippen LogP contribution >= 0.6 is 0 Å². The molecular weight excluding hydrogens is 486 g/mol. The van der Waals surface area contributed by atoms with Crippen LogP contribution in [0.2, 0.25) is 0 Å². The third-order valence-electron chi connectivity index (χ3n) is 7.45. The summed E-state index contributed by atoms with van der Waals surface area (Å²) in [5.74, 6) is -9.58. The molecule has 0 saturated carbocycles. The molecule has 0 aromatic heterocycles. The minimum absolute atomic E-state index is 0.0925. The predicted molar refractivity (Wildman–Crippen MR) is 127 cm³/mol. The first kappa shape index (κ1) is 26.0. The standard InChI is InChI=1S/C25H27N3O9/c1-27(2)17-12-8-9-7-11-10(18(30)24(36)28(3)4)5-6-13(29)15(11)19(31)14(9)21(33)25(12,37)22(34)16(20(17)32)23(26)35/h5-6,9,12,17,29,32-33,37H,7-8H2,1-4H3,(H2,26,35)/t9-,12-,17-,25-/m0/s1. The topological polar surface area (TPSA) is 199 Å². The van der Waals surface area contributed by atoms with E-state index in [0.717, 1.165) is 11.0 Å². The van der Waals surface area contributed by atoms with Crippen molar-refractivity contribution >= 4 is 29.2 Å². The van der Waals surface area contributed by atoms with Crippen LogP contribution in [-0.2, 0) is 20.8 Å². The molecule has 12 nitrogen and oxygen atoms in total. The van der Waals surface area contributed by atoms with E-state index in [0.29, 0.717) is 0 Å². The van der Waals surface area contributed by atoms with E-state index in [1.165, 1.54) is 39.2 Å². The van der Waals surface area contributed by atoms with Gasteiger partial charge in [0, 0.05) is 31.1 Å². The second-order valence-corrected chi connectivity index (χ2v) is 9.98. The number of likely N-dealkylation sites (N-methyl/N-ethyl adjacent to an activating group) is 2. The predicted octanol–water partition coefficient (Wildman–Crippen LogP) is -0.608. The molecule has 0 fully saturated rings. The highest BCUT2D eigenvalue weighted by atomic mass is 16.3. The number of nitrogens with two attached hydrogens (primary N) is 1. The van der Waals surface area contributed by atoms with Gasteiger partial charge in [0.15, 0.2) is 11.4 Å². The van der Waals surface area contributed by atoms with Gasteiger partial charge in [-0.15, -0.1) is 0 Å². The zero-order chi connectivity index (χ0) is 27.7. The summed E-state index contributed by atoms with van der Waals surface area (Å²) in [6.45, 7) is 0. The molecule has 3 aliphatic rings. The van der Waals surface area contributed by atoms with Gasteiger partial charge >= 0.3 is 0 Å². The molecule has 6 N–H and O–H groups in total. The minimum Gasteiger partial charge on any atom is -0.510 e. The highest BCUT2D eigenvalue weighted by molar-refractivity contribution is 6.43. The van der Waals surface area contributed by atoms with Crippen molar-refractivity contribution in [1.82, 2.24) is 9.80 Å². The van der Waals surface area contributed by atoms with Gasteiger partial charge in [0.2, 0.25) is 5.78 Å². The van der Waals surface area contributed by atoms with Crippen molar-refractivity contribution in [1.29, 1.82) is 0 Å². The Morgan fingerprint density at radius 3 is 2.22 bits per heavy atom. The summed E-state index contributed by atoms with van der Waals surface area (Å²) in [6.07, 6.45) is -0.221. The van der Waals surface area contributed by atoms with Crippen LogP contribution in [0.5, 0.6) is 5.75 Å². The zero-order valence-electron chi connectivity index (χ0n) is 20.6. The molecule has 4 rings (SSSR count). The van der Waals surface area contributed by atoms with E-state index in [1.54, 1.807) is 0 Å². The fourth-order valence-electron chi connectivity index (χ4n) is 5.78. The second kappa shape index (κ2) is 8.53. The number of aromatic hydroxyl groups is 1. The van der Waals surface area contributed by atoms with Crippen molar-refractivity contribution in [3.8, 4) is 5.75 Å². The van der Waals surface area contributed by atoms with Crippen LogP contribution in [0, 0.1) is 11.8 Å². The van der Waals surface area contributed by atoms with E-state index in [4.69, 9.17) is 5.73 Å². The van der Waals surface area contributed by atoms with Gasteiger partial charge in [-0.2, -0.15) is 0 Å². The van der Waals surface area contributed by atoms with Crippen LogP contribution in [0.4, 0.5) is 0 Å². The third-order valence-corrected chi connectivity index (χ3v) is 7.45. The Morgan fingerprint density at radius 1 is 1.05 bits per heavy atom. The number of carbonyl (C=O) groups is 5. The fourth-order valence-corrected chi connectivity index (χ4v) is 5.78. The largest absolute Gasteiger partial charge is 0.510 e. The molecule has 12 heteroatoms. The van der Waals surface area contributed by atoms with E-state index in [9.17, 15) is 44.4 Å². The van der Waals surface area contributed by atoms with Gasteiger partial charge in [-0.25, -0.2) is 0 Å². The lowest BCUT2D eigenvalue weighted by atomic mass is 9.58. The minimum atomic E-state index is -2.76. The molecule has 196 valence electrons. The Labute approximate surface area is 211 Å². The maximum absolute atomic E-state index is 13.6. The van der Waals surface area contributed by atoms with Crippen LogP contribution in [0.1, 0.15) is 32.7 Å². The number of nitrogens with zero attached hydrogens (tertiary/aromatic N) is 2. The lowest BCUT2D eigenvalue weighted by molar-refractivity contribution is -0.148. The normalized spacial score (nSPS) is 27.0. The molecule has 37 heavy (non-hydrogen) atoms. The smallest absolute Gasteiger partial charge is 0.294 e. The van der Waals surface area contributed by atoms with E-state index >= 15 is 0 Å². The first-order valence-corrected chi connectivity index (χ1v) is 11.4. The number of rotatable bonds is 4. The number of Topliss-reactive ketones (excluding diaryl/α,β-unsaturated/α-hetero) is 3. The van der Waals surface area contributed by atoms with Gasteiger partial charge in [0.25, 0.3) is 17.6 Å². The molecule has 0 aliphatic heterocycles. The molecule has 2 amide bonds. The summed E-state index contributed by atoms with van der Waals surface area (Å²) in [5.41, 5.74) is 0.966. The zero-order valence-corrected chi connectivity index (χ0v) is 20.6. The number of aliphatic hydroxyl groups is 3. The van der Waals surface area contributed by atoms with Crippen LogP contribution in [0.15, 0.2) is 34.8 Å². The maximum atomic E-state index is 13.6. The number of allylic oxidation sites excluding steroid dienone is 1. The average molecular weight is 514 g/mol. The first-order valence-electron chi connectivity index (χ1n) is 11.4. The Balaban J connectivity index is 1.95. The maximum Gasteiger partial charge on any atom is 0.294 e. The Bertz CT molecular complexity index is 1360. The molecule has 1 aromatic carbocycles. The number of benzene rings is 1. The Morgan fingerprint density at radius 2 is 1.68 bits per heavy atom. The van der Waals surface area contributed by atoms with Gasteiger partial charge < -0.3 is 31.1 Å². The molecular formula is C25H27N3O9.